The van der Waals surface area contributed by atoms with Gasteiger partial charge in [-0.15, -0.1) is 0 Å². The molecule has 1 atom stereocenters. The van der Waals surface area contributed by atoms with Crippen molar-refractivity contribution in [3.05, 3.63) is 65.2 Å². The van der Waals surface area contributed by atoms with Crippen LogP contribution in [0.4, 0.5) is 4.79 Å². The van der Waals surface area contributed by atoms with E-state index in [4.69, 9.17) is 4.74 Å². The number of carbonyl (C=O) groups excluding carboxylic acids is 2. The number of aryl methyl sites for hydroxylation is 1. The highest BCUT2D eigenvalue weighted by atomic mass is 16.5. The second kappa shape index (κ2) is 9.43. The van der Waals surface area contributed by atoms with Gasteiger partial charge in [-0.3, -0.25) is 4.79 Å². The molecule has 3 amide bonds. The van der Waals surface area contributed by atoms with E-state index in [1.807, 2.05) is 62.4 Å². The molecule has 0 radical (unpaired) electrons. The van der Waals surface area contributed by atoms with Crippen molar-refractivity contribution in [2.24, 2.45) is 5.10 Å². The van der Waals surface area contributed by atoms with Crippen LogP contribution in [0.15, 0.2) is 53.6 Å². The van der Waals surface area contributed by atoms with Gasteiger partial charge in [-0.05, 0) is 31.5 Å². The van der Waals surface area contributed by atoms with Gasteiger partial charge in [0.2, 0.25) is 0 Å². The molecule has 0 saturated heterocycles. The second-order valence-corrected chi connectivity index (χ2v) is 7.34. The number of likely N-dealkylation sites (N-methyl/N-ethyl adjacent to an activating group) is 1. The molecule has 1 N–H and O–H groups in total. The zero-order chi connectivity index (χ0) is 21.7. The summed E-state index contributed by atoms with van der Waals surface area (Å²) in [5, 5.41) is 8.87. The Bertz CT molecular complexity index is 940. The summed E-state index contributed by atoms with van der Waals surface area (Å²) in [6, 6.07) is 15.3. The molecular weight excluding hydrogens is 380 g/mol. The zero-order valence-corrected chi connectivity index (χ0v) is 17.9. The molecule has 158 valence electrons. The number of hydrogen-bond donors (Lipinski definition) is 1. The quantitative estimate of drug-likeness (QED) is 0.797. The maximum absolute atomic E-state index is 13.1. The first-order valence-electron chi connectivity index (χ1n) is 10.0. The summed E-state index contributed by atoms with van der Waals surface area (Å²) in [6.07, 6.45) is 0.590. The largest absolute Gasteiger partial charge is 0.497 e. The fraction of sp³-hybridized carbons (Fsp3) is 0.348. The van der Waals surface area contributed by atoms with Gasteiger partial charge < -0.3 is 15.0 Å². The van der Waals surface area contributed by atoms with Gasteiger partial charge in [0, 0.05) is 25.6 Å². The minimum absolute atomic E-state index is 0.0525. The SMILES string of the molecule is CCNC(=O)N(C)CC(=O)N1N=C(c2cccc(OC)c2)C[C@H]1c1ccc(C)cc1. The summed E-state index contributed by atoms with van der Waals surface area (Å²) in [6.45, 7) is 4.32. The third-order valence-electron chi connectivity index (χ3n) is 5.08. The van der Waals surface area contributed by atoms with Crippen LogP contribution in [-0.2, 0) is 4.79 Å². The Hall–Kier alpha value is -3.35. The summed E-state index contributed by atoms with van der Waals surface area (Å²) >= 11 is 0. The van der Waals surface area contributed by atoms with Crippen molar-refractivity contribution in [2.75, 3.05) is 27.2 Å². The highest BCUT2D eigenvalue weighted by Crippen LogP contribution is 2.33. The molecule has 7 heteroatoms. The predicted octanol–water partition coefficient (Wildman–Crippen LogP) is 3.34. The van der Waals surface area contributed by atoms with E-state index in [1.54, 1.807) is 14.2 Å². The molecule has 0 saturated carbocycles. The fourth-order valence-corrected chi connectivity index (χ4v) is 3.40. The molecule has 2 aromatic carbocycles. The monoisotopic (exact) mass is 408 g/mol. The van der Waals surface area contributed by atoms with Gasteiger partial charge in [-0.2, -0.15) is 5.10 Å². The summed E-state index contributed by atoms with van der Waals surface area (Å²) in [5.41, 5.74) is 3.89. The summed E-state index contributed by atoms with van der Waals surface area (Å²) in [5.74, 6) is 0.509. The van der Waals surface area contributed by atoms with Crippen LogP contribution in [0.5, 0.6) is 5.75 Å². The number of hydrazone groups is 1. The number of carbonyl (C=O) groups is 2. The fourth-order valence-electron chi connectivity index (χ4n) is 3.40. The smallest absolute Gasteiger partial charge is 0.317 e. The van der Waals surface area contributed by atoms with Crippen molar-refractivity contribution in [3.63, 3.8) is 0 Å². The van der Waals surface area contributed by atoms with Gasteiger partial charge in [-0.1, -0.05) is 42.0 Å². The molecule has 0 fully saturated rings. The molecule has 3 rings (SSSR count). The predicted molar refractivity (Wildman–Crippen MR) is 117 cm³/mol. The number of benzene rings is 2. The van der Waals surface area contributed by atoms with Gasteiger partial charge in [-0.25, -0.2) is 9.80 Å². The van der Waals surface area contributed by atoms with E-state index in [1.165, 1.54) is 9.91 Å². The lowest BCUT2D eigenvalue weighted by atomic mass is 9.97. The number of hydrogen-bond acceptors (Lipinski definition) is 4. The van der Waals surface area contributed by atoms with Crippen molar-refractivity contribution in [1.29, 1.82) is 0 Å². The zero-order valence-electron chi connectivity index (χ0n) is 17.9. The van der Waals surface area contributed by atoms with Crippen LogP contribution >= 0.6 is 0 Å². The first kappa shape index (κ1) is 21.4. The molecule has 1 aliphatic heterocycles. The minimum atomic E-state index is -0.283. The lowest BCUT2D eigenvalue weighted by molar-refractivity contribution is -0.133. The van der Waals surface area contributed by atoms with E-state index in [9.17, 15) is 9.59 Å². The molecular formula is C23H28N4O3. The maximum atomic E-state index is 13.1. The first-order valence-corrected chi connectivity index (χ1v) is 10.0. The molecule has 1 aliphatic rings. The molecule has 0 bridgehead atoms. The molecule has 0 aliphatic carbocycles. The standard InChI is InChI=1S/C23H28N4O3/c1-5-24-23(29)26(3)15-22(28)27-21(17-11-9-16(2)10-12-17)14-20(25-27)18-7-6-8-19(13-18)30-4/h6-13,21H,5,14-15H2,1-4H3,(H,24,29)/t21-/m0/s1. The Morgan fingerprint density at radius 3 is 2.63 bits per heavy atom. The average Bonchev–Trinajstić information content (AvgIpc) is 3.20. The molecule has 1 heterocycles. The van der Waals surface area contributed by atoms with Gasteiger partial charge in [0.05, 0.1) is 18.9 Å². The molecule has 2 aromatic rings. The second-order valence-electron chi connectivity index (χ2n) is 7.34. The van der Waals surface area contributed by atoms with E-state index in [0.29, 0.717) is 13.0 Å². The van der Waals surface area contributed by atoms with Crippen LogP contribution in [0, 0.1) is 6.92 Å². The Morgan fingerprint density at radius 1 is 1.23 bits per heavy atom. The van der Waals surface area contributed by atoms with Crippen molar-refractivity contribution in [2.45, 2.75) is 26.3 Å². The van der Waals surface area contributed by atoms with Gasteiger partial charge in [0.15, 0.2) is 0 Å². The maximum Gasteiger partial charge on any atom is 0.317 e. The normalized spacial score (nSPS) is 15.5. The third kappa shape index (κ3) is 4.79. The number of rotatable bonds is 6. The number of nitrogens with one attached hydrogen (secondary N) is 1. The topological polar surface area (TPSA) is 74.2 Å². The number of nitrogens with zero attached hydrogens (tertiary/aromatic N) is 3. The molecule has 0 spiro atoms. The van der Waals surface area contributed by atoms with E-state index in [2.05, 4.69) is 10.4 Å². The van der Waals surface area contributed by atoms with E-state index < -0.39 is 0 Å². The minimum Gasteiger partial charge on any atom is -0.497 e. The molecule has 30 heavy (non-hydrogen) atoms. The van der Waals surface area contributed by atoms with Crippen LogP contribution in [0.2, 0.25) is 0 Å². The summed E-state index contributed by atoms with van der Waals surface area (Å²) in [4.78, 5) is 26.5. The Kier molecular flexibility index (Phi) is 6.72. The number of ether oxygens (including phenoxy) is 1. The van der Waals surface area contributed by atoms with Gasteiger partial charge in [0.25, 0.3) is 5.91 Å². The first-order chi connectivity index (χ1) is 14.4. The molecule has 0 unspecified atom stereocenters. The highest BCUT2D eigenvalue weighted by molar-refractivity contribution is 6.03. The van der Waals surface area contributed by atoms with Crippen LogP contribution in [0.1, 0.15) is 36.1 Å². The summed E-state index contributed by atoms with van der Waals surface area (Å²) < 4.78 is 5.33. The average molecular weight is 409 g/mol. The molecule has 0 aromatic heterocycles. The van der Waals surface area contributed by atoms with E-state index in [0.717, 1.165) is 28.2 Å². The molecule has 7 nitrogen and oxygen atoms in total. The van der Waals surface area contributed by atoms with Gasteiger partial charge in [0.1, 0.15) is 12.3 Å². The number of urea groups is 1. The van der Waals surface area contributed by atoms with Crippen LogP contribution in [-0.4, -0.2) is 54.8 Å². The van der Waals surface area contributed by atoms with Crippen LogP contribution < -0.4 is 10.1 Å². The van der Waals surface area contributed by atoms with Crippen LogP contribution in [0.25, 0.3) is 0 Å². The Labute approximate surface area is 177 Å². The van der Waals surface area contributed by atoms with Crippen molar-refractivity contribution in [3.8, 4) is 5.75 Å². The van der Waals surface area contributed by atoms with E-state index in [-0.39, 0.29) is 24.5 Å². The van der Waals surface area contributed by atoms with Crippen LogP contribution in [0.3, 0.4) is 0 Å². The van der Waals surface area contributed by atoms with Crippen molar-refractivity contribution >= 4 is 17.6 Å². The number of amides is 3. The van der Waals surface area contributed by atoms with Crippen molar-refractivity contribution < 1.29 is 14.3 Å². The van der Waals surface area contributed by atoms with E-state index >= 15 is 0 Å². The Balaban J connectivity index is 1.89. The Morgan fingerprint density at radius 2 is 1.97 bits per heavy atom. The highest BCUT2D eigenvalue weighted by Gasteiger charge is 2.34. The lowest BCUT2D eigenvalue weighted by Gasteiger charge is -2.25. The van der Waals surface area contributed by atoms with Gasteiger partial charge >= 0.3 is 6.03 Å². The van der Waals surface area contributed by atoms with Crippen molar-refractivity contribution in [1.82, 2.24) is 15.2 Å². The lowest BCUT2D eigenvalue weighted by Crippen LogP contribution is -2.43. The number of methoxy groups -OCH3 is 1. The third-order valence-corrected chi connectivity index (χ3v) is 5.08. The summed E-state index contributed by atoms with van der Waals surface area (Å²) in [7, 11) is 3.23.